The number of nitrogens with zero attached hydrogens (tertiary/aromatic N) is 5. The Morgan fingerprint density at radius 3 is 3.00 bits per heavy atom. The second-order valence-corrected chi connectivity index (χ2v) is 7.73. The molecule has 0 amide bonds. The smallest absolute Gasteiger partial charge is 0.193 e. The highest BCUT2D eigenvalue weighted by Gasteiger charge is 2.25. The SMILES string of the molecule is CCc1nc(CCNC(=NC)N2CCOC(c3cnn(C)c3)C2)sc1C. The fourth-order valence-electron chi connectivity index (χ4n) is 3.19. The molecule has 0 radical (unpaired) electrons. The molecule has 0 saturated carbocycles. The van der Waals surface area contributed by atoms with Crippen LogP contribution in [0.25, 0.3) is 0 Å². The number of ether oxygens (including phenoxy) is 1. The third-order valence-electron chi connectivity index (χ3n) is 4.57. The van der Waals surface area contributed by atoms with E-state index in [1.54, 1.807) is 11.3 Å². The first kappa shape index (κ1) is 18.8. The van der Waals surface area contributed by atoms with Gasteiger partial charge in [0, 0.05) is 50.2 Å². The number of morpholine rings is 1. The average molecular weight is 377 g/mol. The van der Waals surface area contributed by atoms with Crippen LogP contribution in [0, 0.1) is 6.92 Å². The summed E-state index contributed by atoms with van der Waals surface area (Å²) in [6, 6.07) is 0. The molecule has 142 valence electrons. The first-order valence-corrected chi connectivity index (χ1v) is 9.93. The summed E-state index contributed by atoms with van der Waals surface area (Å²) in [5, 5.41) is 8.92. The molecule has 1 aliphatic heterocycles. The number of aromatic nitrogens is 3. The molecule has 2 aromatic heterocycles. The van der Waals surface area contributed by atoms with Gasteiger partial charge in [0.2, 0.25) is 0 Å². The molecule has 26 heavy (non-hydrogen) atoms. The fourth-order valence-corrected chi connectivity index (χ4v) is 4.21. The normalized spacial score (nSPS) is 18.4. The molecule has 1 N–H and O–H groups in total. The first-order valence-electron chi connectivity index (χ1n) is 9.11. The van der Waals surface area contributed by atoms with Crippen molar-refractivity contribution in [3.05, 3.63) is 33.5 Å². The summed E-state index contributed by atoms with van der Waals surface area (Å²) < 4.78 is 7.73. The van der Waals surface area contributed by atoms with Gasteiger partial charge in [-0.05, 0) is 13.3 Å². The second-order valence-electron chi connectivity index (χ2n) is 6.44. The number of rotatable bonds is 5. The van der Waals surface area contributed by atoms with Crippen molar-refractivity contribution >= 4 is 17.3 Å². The van der Waals surface area contributed by atoms with E-state index in [1.807, 2.05) is 31.2 Å². The van der Waals surface area contributed by atoms with Crippen LogP contribution in [0.2, 0.25) is 0 Å². The minimum atomic E-state index is 0.0322. The van der Waals surface area contributed by atoms with Crippen LogP contribution in [-0.2, 0) is 24.6 Å². The van der Waals surface area contributed by atoms with Gasteiger partial charge in [-0.15, -0.1) is 11.3 Å². The first-order chi connectivity index (χ1) is 12.6. The van der Waals surface area contributed by atoms with E-state index in [0.717, 1.165) is 44.0 Å². The third-order valence-corrected chi connectivity index (χ3v) is 5.64. The topological polar surface area (TPSA) is 67.6 Å². The Kier molecular flexibility index (Phi) is 6.26. The lowest BCUT2D eigenvalue weighted by Crippen LogP contribution is -2.48. The van der Waals surface area contributed by atoms with Gasteiger partial charge < -0.3 is 15.0 Å². The number of thiazole rings is 1. The van der Waals surface area contributed by atoms with E-state index in [4.69, 9.17) is 9.72 Å². The van der Waals surface area contributed by atoms with Gasteiger partial charge in [0.15, 0.2) is 5.96 Å². The van der Waals surface area contributed by atoms with Gasteiger partial charge in [-0.3, -0.25) is 9.67 Å². The van der Waals surface area contributed by atoms with Crippen LogP contribution >= 0.6 is 11.3 Å². The summed E-state index contributed by atoms with van der Waals surface area (Å²) in [6.45, 7) is 7.44. The van der Waals surface area contributed by atoms with E-state index >= 15 is 0 Å². The molecule has 1 unspecified atom stereocenters. The van der Waals surface area contributed by atoms with Gasteiger partial charge in [-0.2, -0.15) is 5.10 Å². The molecule has 8 heteroatoms. The number of nitrogens with one attached hydrogen (secondary N) is 1. The zero-order valence-electron chi connectivity index (χ0n) is 16.0. The van der Waals surface area contributed by atoms with E-state index in [2.05, 4.69) is 34.2 Å². The molecule has 1 fully saturated rings. The molecule has 1 aliphatic rings. The molecule has 7 nitrogen and oxygen atoms in total. The van der Waals surface area contributed by atoms with Crippen molar-refractivity contribution < 1.29 is 4.74 Å². The Morgan fingerprint density at radius 1 is 1.50 bits per heavy atom. The summed E-state index contributed by atoms with van der Waals surface area (Å²) in [7, 11) is 3.76. The van der Waals surface area contributed by atoms with Crippen LogP contribution in [0.4, 0.5) is 0 Å². The summed E-state index contributed by atoms with van der Waals surface area (Å²) in [5.74, 6) is 0.922. The van der Waals surface area contributed by atoms with E-state index < -0.39 is 0 Å². The Morgan fingerprint density at radius 2 is 2.35 bits per heavy atom. The minimum Gasteiger partial charge on any atom is -0.370 e. The van der Waals surface area contributed by atoms with E-state index in [1.165, 1.54) is 15.6 Å². The lowest BCUT2D eigenvalue weighted by Gasteiger charge is -2.34. The zero-order chi connectivity index (χ0) is 18.5. The molecule has 3 heterocycles. The maximum Gasteiger partial charge on any atom is 0.193 e. The predicted molar refractivity (Wildman–Crippen MR) is 105 cm³/mol. The van der Waals surface area contributed by atoms with Crippen molar-refractivity contribution in [1.82, 2.24) is 25.0 Å². The molecule has 0 aliphatic carbocycles. The van der Waals surface area contributed by atoms with Crippen molar-refractivity contribution in [1.29, 1.82) is 0 Å². The van der Waals surface area contributed by atoms with Crippen molar-refractivity contribution in [2.75, 3.05) is 33.3 Å². The molecular weight excluding hydrogens is 348 g/mol. The lowest BCUT2D eigenvalue weighted by molar-refractivity contribution is -0.00800. The molecule has 0 bridgehead atoms. The molecule has 0 aromatic carbocycles. The van der Waals surface area contributed by atoms with E-state index in [-0.39, 0.29) is 6.10 Å². The molecule has 2 aromatic rings. The van der Waals surface area contributed by atoms with Gasteiger partial charge in [-0.1, -0.05) is 6.92 Å². The monoisotopic (exact) mass is 376 g/mol. The van der Waals surface area contributed by atoms with Crippen LogP contribution in [0.15, 0.2) is 17.4 Å². The van der Waals surface area contributed by atoms with Crippen molar-refractivity contribution in [2.45, 2.75) is 32.8 Å². The van der Waals surface area contributed by atoms with Crippen molar-refractivity contribution in [2.24, 2.45) is 12.0 Å². The quantitative estimate of drug-likeness (QED) is 0.638. The summed E-state index contributed by atoms with van der Waals surface area (Å²) >= 11 is 1.80. The lowest BCUT2D eigenvalue weighted by atomic mass is 10.1. The Labute approximate surface area is 159 Å². The standard InChI is InChI=1S/C18H28N6OS/c1-5-15-13(2)26-17(22-15)6-7-20-18(19-3)24-8-9-25-16(12-24)14-10-21-23(4)11-14/h10-11,16H,5-9,12H2,1-4H3,(H,19,20). The Balaban J connectivity index is 1.54. The van der Waals surface area contributed by atoms with E-state index in [9.17, 15) is 0 Å². The summed E-state index contributed by atoms with van der Waals surface area (Å²) in [4.78, 5) is 12.8. The predicted octanol–water partition coefficient (Wildman–Crippen LogP) is 1.94. The highest BCUT2D eigenvalue weighted by Crippen LogP contribution is 2.22. The molecule has 1 saturated heterocycles. The van der Waals surface area contributed by atoms with Crippen LogP contribution in [0.3, 0.4) is 0 Å². The van der Waals surface area contributed by atoms with Gasteiger partial charge in [0.25, 0.3) is 0 Å². The number of hydrogen-bond donors (Lipinski definition) is 1. The summed E-state index contributed by atoms with van der Waals surface area (Å²) in [5.41, 5.74) is 2.33. The maximum atomic E-state index is 5.92. The molecule has 0 spiro atoms. The Bertz CT molecular complexity index is 753. The third kappa shape index (κ3) is 4.42. The van der Waals surface area contributed by atoms with Gasteiger partial charge in [0.05, 0.1) is 30.1 Å². The van der Waals surface area contributed by atoms with Crippen molar-refractivity contribution in [3.63, 3.8) is 0 Å². The maximum absolute atomic E-state index is 5.92. The molecule has 1 atom stereocenters. The number of aliphatic imine (C=N–C) groups is 1. The fraction of sp³-hybridized carbons (Fsp3) is 0.611. The van der Waals surface area contributed by atoms with Crippen LogP contribution in [0.5, 0.6) is 0 Å². The largest absolute Gasteiger partial charge is 0.370 e. The van der Waals surface area contributed by atoms with Crippen LogP contribution in [-0.4, -0.2) is 58.9 Å². The highest BCUT2D eigenvalue weighted by atomic mass is 32.1. The average Bonchev–Trinajstić information content (AvgIpc) is 3.24. The van der Waals surface area contributed by atoms with Crippen LogP contribution in [0.1, 0.15) is 34.2 Å². The highest BCUT2D eigenvalue weighted by molar-refractivity contribution is 7.11. The van der Waals surface area contributed by atoms with Crippen molar-refractivity contribution in [3.8, 4) is 0 Å². The zero-order valence-corrected chi connectivity index (χ0v) is 16.8. The van der Waals surface area contributed by atoms with Crippen LogP contribution < -0.4 is 5.32 Å². The number of guanidine groups is 1. The van der Waals surface area contributed by atoms with Gasteiger partial charge in [-0.25, -0.2) is 4.98 Å². The molecule has 3 rings (SSSR count). The van der Waals surface area contributed by atoms with E-state index in [0.29, 0.717) is 6.61 Å². The van der Waals surface area contributed by atoms with Gasteiger partial charge in [0.1, 0.15) is 6.10 Å². The Hall–Kier alpha value is -1.93. The summed E-state index contributed by atoms with van der Waals surface area (Å²) in [6.07, 6.45) is 5.84. The number of aryl methyl sites for hydroxylation is 3. The van der Waals surface area contributed by atoms with Gasteiger partial charge >= 0.3 is 0 Å². The number of hydrogen-bond acceptors (Lipinski definition) is 5. The minimum absolute atomic E-state index is 0.0322. The molecular formula is C18H28N6OS. The second kappa shape index (κ2) is 8.64.